The largest absolute Gasteiger partial charge is 0.388 e. The van der Waals surface area contributed by atoms with E-state index in [9.17, 15) is 5.11 Å². The molecule has 0 aromatic rings. The highest BCUT2D eigenvalue weighted by atomic mass is 16.3. The SMILES string of the molecule is CCNC(=NCC1(O)CCC1)NC(C)(C)C. The van der Waals surface area contributed by atoms with Gasteiger partial charge in [0, 0.05) is 12.1 Å². The van der Waals surface area contributed by atoms with Gasteiger partial charge in [-0.25, -0.2) is 0 Å². The Hall–Kier alpha value is -0.770. The van der Waals surface area contributed by atoms with Crippen molar-refractivity contribution in [2.45, 2.75) is 58.1 Å². The zero-order chi connectivity index (χ0) is 12.2. The minimum absolute atomic E-state index is 0.0107. The van der Waals surface area contributed by atoms with Gasteiger partial charge >= 0.3 is 0 Å². The average Bonchev–Trinajstić information content (AvgIpc) is 2.09. The van der Waals surface area contributed by atoms with Crippen LogP contribution in [0.4, 0.5) is 0 Å². The Labute approximate surface area is 98.5 Å². The lowest BCUT2D eigenvalue weighted by molar-refractivity contribution is -0.0236. The van der Waals surface area contributed by atoms with Crippen LogP contribution in [0.25, 0.3) is 0 Å². The molecule has 0 bridgehead atoms. The van der Waals surface area contributed by atoms with Crippen molar-refractivity contribution in [2.24, 2.45) is 4.99 Å². The highest BCUT2D eigenvalue weighted by molar-refractivity contribution is 5.80. The van der Waals surface area contributed by atoms with Gasteiger partial charge < -0.3 is 15.7 Å². The van der Waals surface area contributed by atoms with Crippen LogP contribution in [0.2, 0.25) is 0 Å². The second kappa shape index (κ2) is 5.04. The first-order valence-electron chi connectivity index (χ1n) is 6.13. The Bertz CT molecular complexity index is 251. The summed E-state index contributed by atoms with van der Waals surface area (Å²) in [7, 11) is 0. The highest BCUT2D eigenvalue weighted by Gasteiger charge is 2.34. The predicted molar refractivity (Wildman–Crippen MR) is 67.7 cm³/mol. The Kier molecular flexibility index (Phi) is 4.19. The number of nitrogens with one attached hydrogen (secondary N) is 2. The molecule has 0 aromatic carbocycles. The van der Waals surface area contributed by atoms with E-state index in [0.717, 1.165) is 31.8 Å². The molecule has 4 heteroatoms. The van der Waals surface area contributed by atoms with Crippen molar-refractivity contribution >= 4 is 5.96 Å². The van der Waals surface area contributed by atoms with Crippen molar-refractivity contribution in [2.75, 3.05) is 13.1 Å². The Balaban J connectivity index is 2.51. The monoisotopic (exact) mass is 227 g/mol. The van der Waals surface area contributed by atoms with Crippen LogP contribution < -0.4 is 10.6 Å². The van der Waals surface area contributed by atoms with E-state index in [1.54, 1.807) is 0 Å². The molecule has 0 unspecified atom stereocenters. The number of guanidine groups is 1. The summed E-state index contributed by atoms with van der Waals surface area (Å²) in [5, 5.41) is 16.5. The molecule has 0 saturated heterocycles. The maximum Gasteiger partial charge on any atom is 0.191 e. The maximum absolute atomic E-state index is 9.96. The Morgan fingerprint density at radius 2 is 2.00 bits per heavy atom. The highest BCUT2D eigenvalue weighted by Crippen LogP contribution is 2.31. The summed E-state index contributed by atoms with van der Waals surface area (Å²) in [4.78, 5) is 4.44. The number of aliphatic hydroxyl groups is 1. The van der Waals surface area contributed by atoms with Crippen LogP contribution in [-0.2, 0) is 0 Å². The van der Waals surface area contributed by atoms with E-state index in [1.165, 1.54) is 0 Å². The van der Waals surface area contributed by atoms with Crippen molar-refractivity contribution in [3.05, 3.63) is 0 Å². The molecule has 0 aromatic heterocycles. The van der Waals surface area contributed by atoms with E-state index in [1.807, 2.05) is 6.92 Å². The first kappa shape index (κ1) is 13.3. The lowest BCUT2D eigenvalue weighted by Crippen LogP contribution is -2.49. The molecular weight excluding hydrogens is 202 g/mol. The Morgan fingerprint density at radius 3 is 2.38 bits per heavy atom. The number of nitrogens with zero attached hydrogens (tertiary/aromatic N) is 1. The smallest absolute Gasteiger partial charge is 0.191 e. The zero-order valence-electron chi connectivity index (χ0n) is 10.9. The molecule has 1 aliphatic rings. The maximum atomic E-state index is 9.96. The van der Waals surface area contributed by atoms with E-state index in [0.29, 0.717) is 6.54 Å². The van der Waals surface area contributed by atoms with E-state index < -0.39 is 5.60 Å². The van der Waals surface area contributed by atoms with Gasteiger partial charge in [-0.15, -0.1) is 0 Å². The number of rotatable bonds is 3. The van der Waals surface area contributed by atoms with Gasteiger partial charge in [0.15, 0.2) is 5.96 Å². The van der Waals surface area contributed by atoms with Crippen LogP contribution in [0.15, 0.2) is 4.99 Å². The van der Waals surface area contributed by atoms with Gasteiger partial charge in [-0.2, -0.15) is 0 Å². The fourth-order valence-electron chi connectivity index (χ4n) is 1.63. The van der Waals surface area contributed by atoms with Crippen molar-refractivity contribution in [3.63, 3.8) is 0 Å². The molecule has 1 saturated carbocycles. The molecule has 1 aliphatic carbocycles. The quantitative estimate of drug-likeness (QED) is 0.502. The summed E-state index contributed by atoms with van der Waals surface area (Å²) in [6.07, 6.45) is 2.88. The molecule has 0 aliphatic heterocycles. The lowest BCUT2D eigenvalue weighted by Gasteiger charge is -2.35. The Morgan fingerprint density at radius 1 is 1.38 bits per heavy atom. The average molecular weight is 227 g/mol. The van der Waals surface area contributed by atoms with Gasteiger partial charge in [-0.1, -0.05) is 0 Å². The number of aliphatic imine (C=N–C) groups is 1. The molecule has 0 radical (unpaired) electrons. The number of hydrogen-bond acceptors (Lipinski definition) is 2. The molecule has 16 heavy (non-hydrogen) atoms. The molecule has 1 rings (SSSR count). The predicted octanol–water partition coefficient (Wildman–Crippen LogP) is 1.25. The van der Waals surface area contributed by atoms with Crippen LogP contribution >= 0.6 is 0 Å². The van der Waals surface area contributed by atoms with Crippen molar-refractivity contribution < 1.29 is 5.11 Å². The fourth-order valence-corrected chi connectivity index (χ4v) is 1.63. The summed E-state index contributed by atoms with van der Waals surface area (Å²) >= 11 is 0. The summed E-state index contributed by atoms with van der Waals surface area (Å²) in [5.41, 5.74) is -0.552. The van der Waals surface area contributed by atoms with Crippen LogP contribution in [0.1, 0.15) is 47.0 Å². The summed E-state index contributed by atoms with van der Waals surface area (Å²) in [5.74, 6) is 0.787. The minimum Gasteiger partial charge on any atom is -0.388 e. The summed E-state index contributed by atoms with van der Waals surface area (Å²) < 4.78 is 0. The third kappa shape index (κ3) is 4.39. The fraction of sp³-hybridized carbons (Fsp3) is 0.917. The molecule has 0 amide bonds. The van der Waals surface area contributed by atoms with Crippen molar-refractivity contribution in [1.82, 2.24) is 10.6 Å². The first-order valence-corrected chi connectivity index (χ1v) is 6.13. The molecule has 0 spiro atoms. The van der Waals surface area contributed by atoms with Crippen LogP contribution in [0, 0.1) is 0 Å². The molecule has 4 nitrogen and oxygen atoms in total. The lowest BCUT2D eigenvalue weighted by atomic mass is 9.80. The standard InChI is InChI=1S/C12H25N3O/c1-5-13-10(15-11(2,3)4)14-9-12(16)7-6-8-12/h16H,5-9H2,1-4H3,(H2,13,14,15). The molecule has 0 heterocycles. The normalized spacial score (nSPS) is 20.2. The van der Waals surface area contributed by atoms with E-state index in [-0.39, 0.29) is 5.54 Å². The molecular formula is C12H25N3O. The van der Waals surface area contributed by atoms with E-state index in [4.69, 9.17) is 0 Å². The van der Waals surface area contributed by atoms with Gasteiger partial charge in [0.2, 0.25) is 0 Å². The van der Waals surface area contributed by atoms with Gasteiger partial charge in [0.1, 0.15) is 0 Å². The second-order valence-electron chi connectivity index (χ2n) is 5.65. The molecule has 3 N–H and O–H groups in total. The summed E-state index contributed by atoms with van der Waals surface area (Å²) in [6.45, 7) is 9.66. The van der Waals surface area contributed by atoms with Gasteiger partial charge in [-0.05, 0) is 47.0 Å². The van der Waals surface area contributed by atoms with Crippen LogP contribution in [0.3, 0.4) is 0 Å². The van der Waals surface area contributed by atoms with E-state index >= 15 is 0 Å². The van der Waals surface area contributed by atoms with Gasteiger partial charge in [0.05, 0.1) is 12.1 Å². The second-order valence-corrected chi connectivity index (χ2v) is 5.65. The molecule has 1 fully saturated rings. The summed E-state index contributed by atoms with van der Waals surface area (Å²) in [6, 6.07) is 0. The minimum atomic E-state index is -0.541. The molecule has 0 atom stereocenters. The third-order valence-electron chi connectivity index (χ3n) is 2.65. The zero-order valence-corrected chi connectivity index (χ0v) is 10.9. The van der Waals surface area contributed by atoms with Gasteiger partial charge in [-0.3, -0.25) is 4.99 Å². The first-order chi connectivity index (χ1) is 7.35. The molecule has 94 valence electrons. The number of hydrogen-bond donors (Lipinski definition) is 3. The topological polar surface area (TPSA) is 56.7 Å². The van der Waals surface area contributed by atoms with Crippen LogP contribution in [0.5, 0.6) is 0 Å². The van der Waals surface area contributed by atoms with Crippen molar-refractivity contribution in [3.8, 4) is 0 Å². The van der Waals surface area contributed by atoms with Crippen molar-refractivity contribution in [1.29, 1.82) is 0 Å². The van der Waals surface area contributed by atoms with Crippen LogP contribution in [-0.4, -0.2) is 35.3 Å². The third-order valence-corrected chi connectivity index (χ3v) is 2.65. The van der Waals surface area contributed by atoms with E-state index in [2.05, 4.69) is 36.4 Å². The van der Waals surface area contributed by atoms with Gasteiger partial charge in [0.25, 0.3) is 0 Å².